The molecule has 1 amide bonds. The number of benzene rings is 2. The average molecular weight is 456 g/mol. The highest BCUT2D eigenvalue weighted by Gasteiger charge is 2.30. The number of thiazole rings is 1. The molecule has 0 radical (unpaired) electrons. The fraction of sp³-hybridized carbons (Fsp3) is 0.185. The fourth-order valence-electron chi connectivity index (χ4n) is 4.18. The maximum absolute atomic E-state index is 13.2. The fourth-order valence-corrected chi connectivity index (χ4v) is 4.77. The first-order chi connectivity index (χ1) is 16.2. The van der Waals surface area contributed by atoms with E-state index in [4.69, 9.17) is 4.74 Å². The lowest BCUT2D eigenvalue weighted by Crippen LogP contribution is -2.41. The highest BCUT2D eigenvalue weighted by Crippen LogP contribution is 2.32. The summed E-state index contributed by atoms with van der Waals surface area (Å²) >= 11 is 1.62. The van der Waals surface area contributed by atoms with Crippen molar-refractivity contribution in [3.8, 4) is 5.75 Å². The number of rotatable bonds is 6. The molecule has 0 bridgehead atoms. The van der Waals surface area contributed by atoms with Crippen molar-refractivity contribution in [1.29, 1.82) is 0 Å². The molecule has 4 aromatic rings. The van der Waals surface area contributed by atoms with Gasteiger partial charge in [0, 0.05) is 36.4 Å². The van der Waals surface area contributed by atoms with Gasteiger partial charge in [0.25, 0.3) is 0 Å². The predicted octanol–water partition coefficient (Wildman–Crippen LogP) is 5.48. The van der Waals surface area contributed by atoms with Crippen LogP contribution in [-0.2, 0) is 17.9 Å². The Bertz CT molecular complexity index is 1260. The number of carbonyl (C=O) groups excluding carboxylic acids is 1. The topological polar surface area (TPSA) is 47.4 Å². The molecule has 0 spiro atoms. The predicted molar refractivity (Wildman–Crippen MR) is 131 cm³/mol. The van der Waals surface area contributed by atoms with E-state index >= 15 is 0 Å². The van der Waals surface area contributed by atoms with E-state index in [0.29, 0.717) is 13.2 Å². The molecule has 1 unspecified atom stereocenters. The zero-order valence-electron chi connectivity index (χ0n) is 18.4. The first kappa shape index (κ1) is 21.2. The summed E-state index contributed by atoms with van der Waals surface area (Å²) in [6, 6.07) is 22.0. The molecule has 1 aliphatic heterocycles. The lowest BCUT2D eigenvalue weighted by Gasteiger charge is -2.36. The second-order valence-electron chi connectivity index (χ2n) is 8.02. The number of nitrogens with zero attached hydrogens (tertiary/aromatic N) is 3. The van der Waals surface area contributed by atoms with Crippen LogP contribution in [-0.4, -0.2) is 26.9 Å². The van der Waals surface area contributed by atoms with Crippen molar-refractivity contribution in [2.75, 3.05) is 6.54 Å². The molecule has 5 nitrogen and oxygen atoms in total. The van der Waals surface area contributed by atoms with Gasteiger partial charge in [-0.25, -0.2) is 4.98 Å². The molecule has 0 saturated carbocycles. The molecule has 0 N–H and O–H groups in total. The monoisotopic (exact) mass is 455 g/mol. The van der Waals surface area contributed by atoms with E-state index < -0.39 is 0 Å². The van der Waals surface area contributed by atoms with Gasteiger partial charge in [0.05, 0.1) is 16.7 Å². The third kappa shape index (κ3) is 4.76. The van der Waals surface area contributed by atoms with Crippen molar-refractivity contribution in [3.05, 3.63) is 112 Å². The Kier molecular flexibility index (Phi) is 6.09. The van der Waals surface area contributed by atoms with E-state index in [2.05, 4.69) is 33.9 Å². The molecule has 3 heterocycles. The normalized spacial score (nSPS) is 15.5. The van der Waals surface area contributed by atoms with Crippen LogP contribution in [0.3, 0.4) is 0 Å². The number of amides is 1. The Morgan fingerprint density at radius 3 is 2.67 bits per heavy atom. The standard InChI is InChI=1S/C27H25N3O2S/c1-20-28-23(19-33-20)18-32-24-12-9-21(10-13-24)11-14-26(31)30-17-16-29-15-5-8-25(29)27(30)22-6-3-2-4-7-22/h2-15,19,27H,16-18H2,1H3. The summed E-state index contributed by atoms with van der Waals surface area (Å²) < 4.78 is 8.05. The molecule has 5 rings (SSSR count). The van der Waals surface area contributed by atoms with Gasteiger partial charge < -0.3 is 14.2 Å². The van der Waals surface area contributed by atoms with Gasteiger partial charge in [-0.1, -0.05) is 42.5 Å². The minimum atomic E-state index is -0.0859. The Morgan fingerprint density at radius 1 is 1.09 bits per heavy atom. The van der Waals surface area contributed by atoms with Gasteiger partial charge in [0.15, 0.2) is 0 Å². The quantitative estimate of drug-likeness (QED) is 0.362. The highest BCUT2D eigenvalue weighted by molar-refractivity contribution is 7.09. The highest BCUT2D eigenvalue weighted by atomic mass is 32.1. The van der Waals surface area contributed by atoms with Crippen molar-refractivity contribution >= 4 is 23.3 Å². The molecular weight excluding hydrogens is 430 g/mol. The first-order valence-electron chi connectivity index (χ1n) is 11.0. The summed E-state index contributed by atoms with van der Waals surface area (Å²) in [6.45, 7) is 3.92. The SMILES string of the molecule is Cc1nc(COc2ccc(C=CC(=O)N3CCn4cccc4C3c3ccccc3)cc2)cs1. The molecule has 1 aliphatic rings. The summed E-state index contributed by atoms with van der Waals surface area (Å²) in [4.78, 5) is 19.6. The molecule has 1 atom stereocenters. The van der Waals surface area contributed by atoms with Crippen LogP contribution in [0.5, 0.6) is 5.75 Å². The van der Waals surface area contributed by atoms with E-state index in [-0.39, 0.29) is 11.9 Å². The van der Waals surface area contributed by atoms with E-state index in [9.17, 15) is 4.79 Å². The van der Waals surface area contributed by atoms with Crippen molar-refractivity contribution in [1.82, 2.24) is 14.5 Å². The van der Waals surface area contributed by atoms with Crippen molar-refractivity contribution < 1.29 is 9.53 Å². The number of carbonyl (C=O) groups is 1. The van der Waals surface area contributed by atoms with Gasteiger partial charge in [0.2, 0.25) is 5.91 Å². The lowest BCUT2D eigenvalue weighted by atomic mass is 10.00. The van der Waals surface area contributed by atoms with Crippen molar-refractivity contribution in [3.63, 3.8) is 0 Å². The van der Waals surface area contributed by atoms with Crippen molar-refractivity contribution in [2.24, 2.45) is 0 Å². The Balaban J connectivity index is 1.28. The summed E-state index contributed by atoms with van der Waals surface area (Å²) in [7, 11) is 0. The molecule has 2 aromatic heterocycles. The summed E-state index contributed by atoms with van der Waals surface area (Å²) in [5, 5.41) is 3.05. The molecule has 6 heteroatoms. The van der Waals surface area contributed by atoms with Gasteiger partial charge in [0.1, 0.15) is 12.4 Å². The minimum absolute atomic E-state index is 0.00975. The maximum Gasteiger partial charge on any atom is 0.247 e. The average Bonchev–Trinajstić information content (AvgIpc) is 3.50. The number of aryl methyl sites for hydroxylation is 1. The molecule has 166 valence electrons. The van der Waals surface area contributed by atoms with E-state index in [0.717, 1.165) is 39.8 Å². The molecule has 33 heavy (non-hydrogen) atoms. The number of hydrogen-bond donors (Lipinski definition) is 0. The van der Waals surface area contributed by atoms with E-state index in [1.165, 1.54) is 0 Å². The van der Waals surface area contributed by atoms with Crippen LogP contribution in [0, 0.1) is 6.92 Å². The van der Waals surface area contributed by atoms with Gasteiger partial charge in [-0.05, 0) is 48.4 Å². The van der Waals surface area contributed by atoms with Crippen LogP contribution in [0.25, 0.3) is 6.08 Å². The Morgan fingerprint density at radius 2 is 1.91 bits per heavy atom. The smallest absolute Gasteiger partial charge is 0.247 e. The van der Waals surface area contributed by atoms with Gasteiger partial charge in [-0.15, -0.1) is 11.3 Å². The summed E-state index contributed by atoms with van der Waals surface area (Å²) in [5.41, 5.74) is 4.16. The van der Waals surface area contributed by atoms with Gasteiger partial charge >= 0.3 is 0 Å². The van der Waals surface area contributed by atoms with Crippen molar-refractivity contribution in [2.45, 2.75) is 26.1 Å². The molecular formula is C27H25N3O2S. The third-order valence-electron chi connectivity index (χ3n) is 5.79. The number of ether oxygens (including phenoxy) is 1. The number of hydrogen-bond acceptors (Lipinski definition) is 4. The second-order valence-corrected chi connectivity index (χ2v) is 9.08. The van der Waals surface area contributed by atoms with Gasteiger partial charge in [-0.2, -0.15) is 0 Å². The Labute approximate surface area is 197 Å². The number of aromatic nitrogens is 2. The van der Waals surface area contributed by atoms with Gasteiger partial charge in [-0.3, -0.25) is 4.79 Å². The molecule has 0 fully saturated rings. The number of fused-ring (bicyclic) bond motifs is 1. The van der Waals surface area contributed by atoms with Crippen LogP contribution in [0.1, 0.15) is 33.6 Å². The molecule has 0 aliphatic carbocycles. The van der Waals surface area contributed by atoms with Crippen LogP contribution < -0.4 is 4.74 Å². The zero-order valence-corrected chi connectivity index (χ0v) is 19.2. The maximum atomic E-state index is 13.2. The lowest BCUT2D eigenvalue weighted by molar-refractivity contribution is -0.128. The van der Waals surface area contributed by atoms with Crippen LogP contribution in [0.2, 0.25) is 0 Å². The Hall–Kier alpha value is -3.64. The third-order valence-corrected chi connectivity index (χ3v) is 6.61. The summed E-state index contributed by atoms with van der Waals surface area (Å²) in [6.07, 6.45) is 5.62. The van der Waals surface area contributed by atoms with Crippen LogP contribution in [0.15, 0.2) is 84.4 Å². The van der Waals surface area contributed by atoms with Crippen LogP contribution >= 0.6 is 11.3 Å². The van der Waals surface area contributed by atoms with E-state index in [1.807, 2.05) is 71.8 Å². The largest absolute Gasteiger partial charge is 0.487 e. The first-order valence-corrected chi connectivity index (χ1v) is 11.9. The zero-order chi connectivity index (χ0) is 22.6. The minimum Gasteiger partial charge on any atom is -0.487 e. The molecule has 0 saturated heterocycles. The molecule has 2 aromatic carbocycles. The van der Waals surface area contributed by atoms with Crippen LogP contribution in [0.4, 0.5) is 0 Å². The second kappa shape index (κ2) is 9.46. The summed E-state index contributed by atoms with van der Waals surface area (Å²) in [5.74, 6) is 0.792. The van der Waals surface area contributed by atoms with E-state index in [1.54, 1.807) is 17.4 Å².